The molecule has 3 heterocycles. The smallest absolute Gasteiger partial charge is 0.0795 e. The Morgan fingerprint density at radius 1 is 0.724 bits per heavy atom. The van der Waals surface area contributed by atoms with Crippen molar-refractivity contribution in [2.24, 2.45) is 0 Å². The van der Waals surface area contributed by atoms with E-state index in [2.05, 4.69) is 178 Å². The fourth-order valence-electron chi connectivity index (χ4n) is 7.47. The maximum Gasteiger partial charge on any atom is 0.0795 e. The predicted molar refractivity (Wildman–Crippen MR) is 248 cm³/mol. The molecule has 58 heavy (non-hydrogen) atoms. The minimum Gasteiger partial charge on any atom is -0.333 e. The van der Waals surface area contributed by atoms with Gasteiger partial charge in [0.1, 0.15) is 0 Å². The van der Waals surface area contributed by atoms with Crippen molar-refractivity contribution in [2.75, 3.05) is 0 Å². The number of hydrogen-bond donors (Lipinski definition) is 0. The molecular formula is C52H49IrN3SSi-2. The van der Waals surface area contributed by atoms with Crippen LogP contribution in [0.2, 0.25) is 19.6 Å². The zero-order valence-corrected chi connectivity index (χ0v) is 38.2. The molecule has 0 amide bonds. The third-order valence-electron chi connectivity index (χ3n) is 10.6. The minimum absolute atomic E-state index is 0. The summed E-state index contributed by atoms with van der Waals surface area (Å²) in [5, 5.41) is 3.86. The van der Waals surface area contributed by atoms with Gasteiger partial charge in [-0.25, -0.2) is 0 Å². The zero-order valence-electron chi connectivity index (χ0n) is 37.0. The summed E-state index contributed by atoms with van der Waals surface area (Å²) in [6.45, 7) is 14.0. The first-order valence-electron chi connectivity index (χ1n) is 21.2. The molecule has 0 aliphatic rings. The molecule has 0 aliphatic carbocycles. The molecule has 0 saturated heterocycles. The van der Waals surface area contributed by atoms with Gasteiger partial charge in [-0.1, -0.05) is 138 Å². The molecule has 0 spiro atoms. The Morgan fingerprint density at radius 2 is 1.43 bits per heavy atom. The van der Waals surface area contributed by atoms with E-state index in [4.69, 9.17) is 9.10 Å². The quantitative estimate of drug-likeness (QED) is 0.118. The van der Waals surface area contributed by atoms with Crippen molar-refractivity contribution in [3.8, 4) is 39.5 Å². The number of aryl methyl sites for hydroxylation is 1. The van der Waals surface area contributed by atoms with E-state index in [9.17, 15) is 0 Å². The largest absolute Gasteiger partial charge is 0.333 e. The van der Waals surface area contributed by atoms with Gasteiger partial charge >= 0.3 is 0 Å². The van der Waals surface area contributed by atoms with Crippen molar-refractivity contribution >= 4 is 55.8 Å². The topological polar surface area (TPSA) is 30.7 Å². The SMILES string of the molecule is CC(C)c1cc(-c2ccccc2)cc(C(C)C)c1-n1c(-c2[c-]ccc3c2sc2ccccc23)nc2ccccc21.[2H]C([2H])([2H])c1c[c-]c(-c2ccc([Si](C)(C)C)cn2)cc1.[Ir]. The molecule has 6 aromatic carbocycles. The Balaban J connectivity index is 0.000000226. The van der Waals surface area contributed by atoms with Crippen LogP contribution in [-0.2, 0) is 20.1 Å². The van der Waals surface area contributed by atoms with E-state index in [1.165, 1.54) is 59.4 Å². The van der Waals surface area contributed by atoms with Crippen LogP contribution in [0.5, 0.6) is 0 Å². The number of imidazole rings is 1. The van der Waals surface area contributed by atoms with Crippen LogP contribution in [0.3, 0.4) is 0 Å². The van der Waals surface area contributed by atoms with Gasteiger partial charge in [-0.05, 0) is 85.4 Å². The van der Waals surface area contributed by atoms with Crippen LogP contribution < -0.4 is 5.19 Å². The van der Waals surface area contributed by atoms with Crippen LogP contribution in [0.15, 0.2) is 140 Å². The summed E-state index contributed by atoms with van der Waals surface area (Å²) in [5.41, 5.74) is 11.6. The van der Waals surface area contributed by atoms with Gasteiger partial charge < -0.3 is 9.55 Å². The van der Waals surface area contributed by atoms with Crippen molar-refractivity contribution in [3.63, 3.8) is 0 Å². The monoisotopic (exact) mass is 971 g/mol. The fourth-order valence-corrected chi connectivity index (χ4v) is 9.70. The maximum atomic E-state index is 7.35. The predicted octanol–water partition coefficient (Wildman–Crippen LogP) is 14.2. The van der Waals surface area contributed by atoms with E-state index < -0.39 is 14.9 Å². The molecule has 3 nitrogen and oxygen atoms in total. The Labute approximate surface area is 366 Å². The van der Waals surface area contributed by atoms with Crippen LogP contribution >= 0.6 is 11.3 Å². The molecule has 293 valence electrons. The van der Waals surface area contributed by atoms with Gasteiger partial charge in [-0.15, -0.1) is 53.6 Å². The van der Waals surface area contributed by atoms with Gasteiger partial charge in [0.25, 0.3) is 0 Å². The maximum absolute atomic E-state index is 7.35. The van der Waals surface area contributed by atoms with Crippen molar-refractivity contribution < 1.29 is 24.2 Å². The Bertz CT molecular complexity index is 2860. The van der Waals surface area contributed by atoms with Crippen molar-refractivity contribution in [1.29, 1.82) is 0 Å². The third kappa shape index (κ3) is 8.17. The summed E-state index contributed by atoms with van der Waals surface area (Å²) >= 11 is 1.83. The van der Waals surface area contributed by atoms with Gasteiger partial charge in [0.05, 0.1) is 24.9 Å². The van der Waals surface area contributed by atoms with Gasteiger partial charge in [0, 0.05) is 40.8 Å². The second kappa shape index (κ2) is 17.1. The number of nitrogens with zero attached hydrogens (tertiary/aromatic N) is 3. The molecule has 0 saturated carbocycles. The molecule has 3 aromatic heterocycles. The number of aromatic nitrogens is 3. The van der Waals surface area contributed by atoms with E-state index in [1.807, 2.05) is 23.6 Å². The average molecular weight is 971 g/mol. The molecule has 0 fully saturated rings. The summed E-state index contributed by atoms with van der Waals surface area (Å²) in [6.07, 6.45) is 1.92. The van der Waals surface area contributed by atoms with E-state index in [0.717, 1.165) is 33.7 Å². The van der Waals surface area contributed by atoms with Crippen LogP contribution in [-0.4, -0.2) is 22.6 Å². The Morgan fingerprint density at radius 3 is 2.09 bits per heavy atom. The van der Waals surface area contributed by atoms with E-state index in [1.54, 1.807) is 12.1 Å². The van der Waals surface area contributed by atoms with Gasteiger partial charge in [-0.3, -0.25) is 4.98 Å². The summed E-state index contributed by atoms with van der Waals surface area (Å²) in [5.74, 6) is 1.61. The summed E-state index contributed by atoms with van der Waals surface area (Å²) in [4.78, 5) is 9.77. The number of benzene rings is 6. The van der Waals surface area contributed by atoms with Crippen LogP contribution in [0.25, 0.3) is 70.7 Å². The van der Waals surface area contributed by atoms with Crippen LogP contribution in [0.1, 0.15) is 60.3 Å². The molecule has 1 radical (unpaired) electrons. The van der Waals surface area contributed by atoms with Crippen LogP contribution in [0, 0.1) is 19.0 Å². The second-order valence-electron chi connectivity index (χ2n) is 16.3. The minimum atomic E-state index is -2.08. The molecule has 0 bridgehead atoms. The molecular weight excluding hydrogens is 919 g/mol. The number of hydrogen-bond acceptors (Lipinski definition) is 3. The number of fused-ring (bicyclic) bond motifs is 4. The van der Waals surface area contributed by atoms with E-state index in [-0.39, 0.29) is 20.1 Å². The average Bonchev–Trinajstić information content (AvgIpc) is 3.82. The number of pyridine rings is 1. The first-order valence-corrected chi connectivity index (χ1v) is 24.0. The van der Waals surface area contributed by atoms with E-state index in [0.29, 0.717) is 17.4 Å². The first-order chi connectivity index (χ1) is 28.7. The molecule has 0 unspecified atom stereocenters. The van der Waals surface area contributed by atoms with Gasteiger partial charge in [0.2, 0.25) is 0 Å². The third-order valence-corrected chi connectivity index (χ3v) is 13.8. The normalized spacial score (nSPS) is 12.6. The van der Waals surface area contributed by atoms with Crippen molar-refractivity contribution in [1.82, 2.24) is 14.5 Å². The van der Waals surface area contributed by atoms with E-state index >= 15 is 0 Å². The number of para-hydroxylation sites is 2. The zero-order chi connectivity index (χ0) is 42.3. The molecule has 9 aromatic rings. The number of rotatable bonds is 7. The molecule has 0 aliphatic heterocycles. The van der Waals surface area contributed by atoms with Crippen molar-refractivity contribution in [3.05, 3.63) is 168 Å². The Hall–Kier alpha value is -4.97. The van der Waals surface area contributed by atoms with Gasteiger partial charge in [0.15, 0.2) is 0 Å². The molecule has 0 N–H and O–H groups in total. The molecule has 0 atom stereocenters. The standard InChI is InChI=1S/C37H31N2S.C15H18NSi.Ir/c1-23(2)30-21-26(25-13-6-5-7-14-25)22-31(24(3)4)35(30)39-33-19-10-9-18-32(33)38-37(39)29-17-12-16-28-27-15-8-11-20-34(27)40-36(28)29;1-12-5-7-13(8-6-12)15-10-9-14(11-16-15)17(2,3)4;/h5-16,18-24H,1-4H3;5-7,9-11H,1-4H3;/q2*-1;/i;1D3;. The summed E-state index contributed by atoms with van der Waals surface area (Å²) in [7, 11) is -1.34. The molecule has 9 rings (SSSR count). The first kappa shape index (κ1) is 37.3. The van der Waals surface area contributed by atoms with Gasteiger partial charge in [-0.2, -0.15) is 11.3 Å². The summed E-state index contributed by atoms with van der Waals surface area (Å²) < 4.78 is 27.0. The number of thiophene rings is 1. The fraction of sp³-hybridized carbons (Fsp3) is 0.192. The van der Waals surface area contributed by atoms with Crippen molar-refractivity contribution in [2.45, 2.75) is 66.0 Å². The second-order valence-corrected chi connectivity index (χ2v) is 22.4. The Kier molecular flexibility index (Phi) is 11.0. The molecule has 6 heteroatoms. The summed E-state index contributed by atoms with van der Waals surface area (Å²) in [6, 6.07) is 52.6. The van der Waals surface area contributed by atoms with Crippen LogP contribution in [0.4, 0.5) is 0 Å².